The molecule has 0 bridgehead atoms. The topological polar surface area (TPSA) is 21.3 Å². The first-order valence-electron chi connectivity index (χ1n) is 3.74. The Morgan fingerprint density at radius 3 is 2.75 bits per heavy atom. The van der Waals surface area contributed by atoms with Crippen molar-refractivity contribution in [3.05, 3.63) is 33.8 Å². The summed E-state index contributed by atoms with van der Waals surface area (Å²) in [6.07, 6.45) is 0. The number of aryl methyl sites for hydroxylation is 1. The van der Waals surface area contributed by atoms with Crippen molar-refractivity contribution >= 4 is 15.9 Å². The summed E-state index contributed by atoms with van der Waals surface area (Å²) in [4.78, 5) is 4.76. The Morgan fingerprint density at radius 1 is 1.42 bits per heavy atom. The third kappa shape index (κ3) is 2.93. The number of benzene rings is 1. The molecule has 0 atom stereocenters. The zero-order valence-electron chi connectivity index (χ0n) is 7.23. The van der Waals surface area contributed by atoms with Gasteiger partial charge in [0.25, 0.3) is 0 Å². The van der Waals surface area contributed by atoms with E-state index >= 15 is 0 Å². The SMILES string of the molecule is CONCc1cc(C)cc(Br)c1. The summed E-state index contributed by atoms with van der Waals surface area (Å²) >= 11 is 3.44. The molecule has 0 radical (unpaired) electrons. The van der Waals surface area contributed by atoms with Gasteiger partial charge in [-0.25, -0.2) is 0 Å². The van der Waals surface area contributed by atoms with Crippen molar-refractivity contribution in [1.29, 1.82) is 0 Å². The van der Waals surface area contributed by atoms with Crippen LogP contribution in [0.3, 0.4) is 0 Å². The van der Waals surface area contributed by atoms with Crippen LogP contribution < -0.4 is 5.48 Å². The first-order valence-corrected chi connectivity index (χ1v) is 4.53. The highest BCUT2D eigenvalue weighted by Gasteiger charge is 1.95. The summed E-state index contributed by atoms with van der Waals surface area (Å²) in [5.74, 6) is 0. The van der Waals surface area contributed by atoms with Crippen molar-refractivity contribution in [2.45, 2.75) is 13.5 Å². The van der Waals surface area contributed by atoms with Gasteiger partial charge in [0.05, 0.1) is 7.11 Å². The van der Waals surface area contributed by atoms with Crippen molar-refractivity contribution in [3.8, 4) is 0 Å². The van der Waals surface area contributed by atoms with Gasteiger partial charge < -0.3 is 4.84 Å². The second-order valence-electron chi connectivity index (χ2n) is 2.66. The molecular weight excluding hydrogens is 218 g/mol. The zero-order valence-corrected chi connectivity index (χ0v) is 8.81. The van der Waals surface area contributed by atoms with Crippen LogP contribution in [0, 0.1) is 6.92 Å². The molecule has 1 aromatic rings. The molecule has 2 nitrogen and oxygen atoms in total. The number of hydrogen-bond acceptors (Lipinski definition) is 2. The summed E-state index contributed by atoms with van der Waals surface area (Å²) in [7, 11) is 1.62. The summed E-state index contributed by atoms with van der Waals surface area (Å²) in [5, 5.41) is 0. The highest BCUT2D eigenvalue weighted by Crippen LogP contribution is 2.14. The molecule has 1 aromatic carbocycles. The van der Waals surface area contributed by atoms with Crippen molar-refractivity contribution < 1.29 is 4.84 Å². The van der Waals surface area contributed by atoms with Crippen molar-refractivity contribution in [2.75, 3.05) is 7.11 Å². The van der Waals surface area contributed by atoms with Crippen LogP contribution in [0.1, 0.15) is 11.1 Å². The highest BCUT2D eigenvalue weighted by atomic mass is 79.9. The lowest BCUT2D eigenvalue weighted by Crippen LogP contribution is -2.10. The van der Waals surface area contributed by atoms with Crippen LogP contribution in [-0.4, -0.2) is 7.11 Å². The molecule has 0 heterocycles. The smallest absolute Gasteiger partial charge is 0.0572 e. The van der Waals surface area contributed by atoms with Crippen LogP contribution in [0.4, 0.5) is 0 Å². The molecule has 1 N–H and O–H groups in total. The molecule has 0 saturated carbocycles. The second-order valence-corrected chi connectivity index (χ2v) is 3.58. The summed E-state index contributed by atoms with van der Waals surface area (Å²) in [6, 6.07) is 6.27. The zero-order chi connectivity index (χ0) is 8.97. The van der Waals surface area contributed by atoms with Crippen LogP contribution >= 0.6 is 15.9 Å². The third-order valence-electron chi connectivity index (χ3n) is 1.52. The van der Waals surface area contributed by atoms with Gasteiger partial charge in [0, 0.05) is 11.0 Å². The molecule has 0 fully saturated rings. The van der Waals surface area contributed by atoms with E-state index in [0.717, 1.165) is 11.0 Å². The Morgan fingerprint density at radius 2 is 2.17 bits per heavy atom. The molecule has 0 amide bonds. The molecule has 0 aromatic heterocycles. The summed E-state index contributed by atoms with van der Waals surface area (Å²) in [6.45, 7) is 2.80. The van der Waals surface area contributed by atoms with Gasteiger partial charge in [0.2, 0.25) is 0 Å². The van der Waals surface area contributed by atoms with Crippen molar-refractivity contribution in [2.24, 2.45) is 0 Å². The Kier molecular flexibility index (Phi) is 3.72. The number of hydrogen-bond donors (Lipinski definition) is 1. The minimum absolute atomic E-state index is 0.733. The summed E-state index contributed by atoms with van der Waals surface area (Å²) in [5.41, 5.74) is 5.26. The van der Waals surface area contributed by atoms with Crippen LogP contribution in [-0.2, 0) is 11.4 Å². The van der Waals surface area contributed by atoms with E-state index in [9.17, 15) is 0 Å². The molecule has 3 heteroatoms. The maximum Gasteiger partial charge on any atom is 0.0572 e. The van der Waals surface area contributed by atoms with Crippen LogP contribution in [0.5, 0.6) is 0 Å². The monoisotopic (exact) mass is 229 g/mol. The molecular formula is C9H12BrNO. The fourth-order valence-corrected chi connectivity index (χ4v) is 1.72. The maximum absolute atomic E-state index is 4.76. The lowest BCUT2D eigenvalue weighted by atomic mass is 10.1. The van der Waals surface area contributed by atoms with E-state index in [1.165, 1.54) is 11.1 Å². The molecule has 0 aliphatic rings. The van der Waals surface area contributed by atoms with E-state index in [1.807, 2.05) is 0 Å². The Balaban J connectivity index is 2.72. The number of hydroxylamine groups is 1. The first-order chi connectivity index (χ1) is 5.72. The lowest BCUT2D eigenvalue weighted by molar-refractivity contribution is 0.0867. The quantitative estimate of drug-likeness (QED) is 0.805. The van der Waals surface area contributed by atoms with E-state index in [2.05, 4.69) is 46.5 Å². The van der Waals surface area contributed by atoms with E-state index in [1.54, 1.807) is 7.11 Å². The lowest BCUT2D eigenvalue weighted by Gasteiger charge is -2.03. The van der Waals surface area contributed by atoms with E-state index < -0.39 is 0 Å². The highest BCUT2D eigenvalue weighted by molar-refractivity contribution is 9.10. The number of rotatable bonds is 3. The molecule has 0 unspecified atom stereocenters. The van der Waals surface area contributed by atoms with Gasteiger partial charge in [-0.3, -0.25) is 0 Å². The normalized spacial score (nSPS) is 10.2. The standard InChI is InChI=1S/C9H12BrNO/c1-7-3-8(6-11-12-2)5-9(10)4-7/h3-5,11H,6H2,1-2H3. The van der Waals surface area contributed by atoms with E-state index in [0.29, 0.717) is 0 Å². The first kappa shape index (κ1) is 9.71. The summed E-state index contributed by atoms with van der Waals surface area (Å²) < 4.78 is 1.11. The van der Waals surface area contributed by atoms with Gasteiger partial charge >= 0.3 is 0 Å². The molecule has 1 rings (SSSR count). The fraction of sp³-hybridized carbons (Fsp3) is 0.333. The Labute approximate surface area is 81.0 Å². The van der Waals surface area contributed by atoms with Gasteiger partial charge in [-0.05, 0) is 30.2 Å². The molecule has 66 valence electrons. The average molecular weight is 230 g/mol. The largest absolute Gasteiger partial charge is 0.305 e. The Hall–Kier alpha value is -0.380. The van der Waals surface area contributed by atoms with Gasteiger partial charge in [-0.1, -0.05) is 22.0 Å². The molecule has 0 spiro atoms. The number of nitrogens with one attached hydrogen (secondary N) is 1. The maximum atomic E-state index is 4.76. The predicted octanol–water partition coefficient (Wildman–Crippen LogP) is 2.41. The molecule has 12 heavy (non-hydrogen) atoms. The average Bonchev–Trinajstić information content (AvgIpc) is 1.99. The molecule has 0 aliphatic heterocycles. The van der Waals surface area contributed by atoms with Crippen molar-refractivity contribution in [3.63, 3.8) is 0 Å². The second kappa shape index (κ2) is 4.60. The van der Waals surface area contributed by atoms with Crippen molar-refractivity contribution in [1.82, 2.24) is 5.48 Å². The van der Waals surface area contributed by atoms with Crippen LogP contribution in [0.15, 0.2) is 22.7 Å². The van der Waals surface area contributed by atoms with E-state index in [4.69, 9.17) is 4.84 Å². The molecule has 0 aliphatic carbocycles. The van der Waals surface area contributed by atoms with Gasteiger partial charge in [0.1, 0.15) is 0 Å². The minimum Gasteiger partial charge on any atom is -0.305 e. The molecule has 0 saturated heterocycles. The van der Waals surface area contributed by atoms with Gasteiger partial charge in [-0.2, -0.15) is 5.48 Å². The Bertz CT molecular complexity index is 242. The minimum atomic E-state index is 0.733. The van der Waals surface area contributed by atoms with Gasteiger partial charge in [-0.15, -0.1) is 0 Å². The third-order valence-corrected chi connectivity index (χ3v) is 1.98. The van der Waals surface area contributed by atoms with Crippen LogP contribution in [0.25, 0.3) is 0 Å². The van der Waals surface area contributed by atoms with Gasteiger partial charge in [0.15, 0.2) is 0 Å². The fourth-order valence-electron chi connectivity index (χ4n) is 1.07. The van der Waals surface area contributed by atoms with Crippen LogP contribution in [0.2, 0.25) is 0 Å². The number of halogens is 1. The van der Waals surface area contributed by atoms with E-state index in [-0.39, 0.29) is 0 Å². The predicted molar refractivity (Wildman–Crippen MR) is 52.7 cm³/mol.